The van der Waals surface area contributed by atoms with Crippen LogP contribution in [0.4, 0.5) is 0 Å². The van der Waals surface area contributed by atoms with Gasteiger partial charge >= 0.3 is 0 Å². The fraction of sp³-hybridized carbons (Fsp3) is 0.188. The Balaban J connectivity index is 1.05. The Morgan fingerprint density at radius 2 is 1.62 bits per heavy atom. The third-order valence-electron chi connectivity index (χ3n) is 7.60. The highest BCUT2D eigenvalue weighted by molar-refractivity contribution is 5.91. The van der Waals surface area contributed by atoms with Crippen LogP contribution in [0.15, 0.2) is 97.7 Å². The summed E-state index contributed by atoms with van der Waals surface area (Å²) >= 11 is 0. The van der Waals surface area contributed by atoms with Gasteiger partial charge < -0.3 is 0 Å². The zero-order valence-electron chi connectivity index (χ0n) is 22.0. The average Bonchev–Trinajstić information content (AvgIpc) is 3.53. The van der Waals surface area contributed by atoms with Crippen LogP contribution in [0.2, 0.25) is 0 Å². The Bertz CT molecular complexity index is 1720. The van der Waals surface area contributed by atoms with Gasteiger partial charge in [0, 0.05) is 53.8 Å². The Hall–Kier alpha value is -4.82. The number of aromatic nitrogens is 7. The van der Waals surface area contributed by atoms with E-state index in [0.29, 0.717) is 17.4 Å². The minimum Gasteiger partial charge on any atom is -0.299 e. The van der Waals surface area contributed by atoms with Crippen LogP contribution in [-0.4, -0.2) is 53.1 Å². The lowest BCUT2D eigenvalue weighted by molar-refractivity contribution is 0.202. The van der Waals surface area contributed by atoms with E-state index in [9.17, 15) is 0 Å². The molecule has 8 heteroatoms. The maximum Gasteiger partial charge on any atom is 0.201 e. The van der Waals surface area contributed by atoms with Gasteiger partial charge in [-0.05, 0) is 49.2 Å². The molecule has 0 aliphatic carbocycles. The molecule has 0 radical (unpaired) electrons. The SMILES string of the molecule is c1ccc(-c2cc3cnccc3nc2-c2ccc(CN3CCC(c4nc(-c5cnccn5)n[nH]4)CC3)cc2)cc1. The molecule has 1 aliphatic heterocycles. The van der Waals surface area contributed by atoms with Crippen molar-refractivity contribution in [3.8, 4) is 33.9 Å². The first-order chi connectivity index (χ1) is 19.8. The molecule has 1 fully saturated rings. The van der Waals surface area contributed by atoms with Gasteiger partial charge in [-0.3, -0.25) is 20.0 Å². The van der Waals surface area contributed by atoms with Crippen molar-refractivity contribution in [2.24, 2.45) is 0 Å². The summed E-state index contributed by atoms with van der Waals surface area (Å²) in [4.78, 5) is 25.0. The maximum atomic E-state index is 5.05. The number of fused-ring (bicyclic) bond motifs is 1. The zero-order chi connectivity index (χ0) is 26.7. The van der Waals surface area contributed by atoms with Gasteiger partial charge in [0.25, 0.3) is 0 Å². The highest BCUT2D eigenvalue weighted by atomic mass is 15.2. The fourth-order valence-corrected chi connectivity index (χ4v) is 5.45. The molecule has 196 valence electrons. The molecule has 6 aromatic rings. The van der Waals surface area contributed by atoms with E-state index in [1.54, 1.807) is 24.8 Å². The molecule has 7 rings (SSSR count). The molecule has 1 saturated heterocycles. The van der Waals surface area contributed by atoms with Gasteiger partial charge in [0.15, 0.2) is 0 Å². The first-order valence-corrected chi connectivity index (χ1v) is 13.6. The van der Waals surface area contributed by atoms with E-state index in [1.165, 1.54) is 5.56 Å². The number of hydrogen-bond donors (Lipinski definition) is 1. The number of likely N-dealkylation sites (tertiary alicyclic amines) is 1. The summed E-state index contributed by atoms with van der Waals surface area (Å²) in [6, 6.07) is 23.5. The number of benzene rings is 2. The van der Waals surface area contributed by atoms with Crippen LogP contribution < -0.4 is 0 Å². The molecule has 0 amide bonds. The van der Waals surface area contributed by atoms with Gasteiger partial charge in [0.05, 0.1) is 17.4 Å². The van der Waals surface area contributed by atoms with Crippen molar-refractivity contribution in [2.75, 3.05) is 13.1 Å². The lowest BCUT2D eigenvalue weighted by Gasteiger charge is -2.31. The minimum absolute atomic E-state index is 0.377. The first kappa shape index (κ1) is 24.2. The van der Waals surface area contributed by atoms with Crippen LogP contribution >= 0.6 is 0 Å². The van der Waals surface area contributed by atoms with Crippen molar-refractivity contribution in [1.82, 2.24) is 40.0 Å². The molecule has 40 heavy (non-hydrogen) atoms. The van der Waals surface area contributed by atoms with Crippen molar-refractivity contribution in [1.29, 1.82) is 0 Å². The minimum atomic E-state index is 0.377. The van der Waals surface area contributed by atoms with E-state index in [1.807, 2.05) is 18.3 Å². The smallest absolute Gasteiger partial charge is 0.201 e. The third-order valence-corrected chi connectivity index (χ3v) is 7.60. The number of nitrogens with one attached hydrogen (secondary N) is 1. The molecule has 8 nitrogen and oxygen atoms in total. The van der Waals surface area contributed by atoms with Crippen LogP contribution in [-0.2, 0) is 6.54 Å². The van der Waals surface area contributed by atoms with E-state index in [2.05, 4.69) is 84.6 Å². The van der Waals surface area contributed by atoms with Crippen molar-refractivity contribution in [3.05, 3.63) is 109 Å². The fourth-order valence-electron chi connectivity index (χ4n) is 5.45. The van der Waals surface area contributed by atoms with Crippen molar-refractivity contribution in [3.63, 3.8) is 0 Å². The number of hydrogen-bond acceptors (Lipinski definition) is 7. The number of nitrogens with zero attached hydrogens (tertiary/aromatic N) is 7. The number of pyridine rings is 2. The number of H-pyrrole nitrogens is 1. The number of aromatic amines is 1. The van der Waals surface area contributed by atoms with E-state index >= 15 is 0 Å². The topological polar surface area (TPSA) is 96.4 Å². The predicted octanol–water partition coefficient (Wildman–Crippen LogP) is 5.92. The molecule has 0 atom stereocenters. The van der Waals surface area contributed by atoms with Crippen molar-refractivity contribution >= 4 is 10.9 Å². The first-order valence-electron chi connectivity index (χ1n) is 13.6. The van der Waals surface area contributed by atoms with E-state index in [0.717, 1.165) is 71.6 Å². The van der Waals surface area contributed by atoms with Gasteiger partial charge in [-0.15, -0.1) is 0 Å². The molecule has 5 heterocycles. The molecule has 1 N–H and O–H groups in total. The second-order valence-electron chi connectivity index (χ2n) is 10.2. The second-order valence-corrected chi connectivity index (χ2v) is 10.2. The van der Waals surface area contributed by atoms with Crippen LogP contribution in [0.3, 0.4) is 0 Å². The van der Waals surface area contributed by atoms with Gasteiger partial charge in [-0.25, -0.2) is 15.0 Å². The van der Waals surface area contributed by atoms with Gasteiger partial charge in [-0.2, -0.15) is 5.10 Å². The summed E-state index contributed by atoms with van der Waals surface area (Å²) in [5.74, 6) is 1.93. The molecular formula is C32H28N8. The molecule has 4 aromatic heterocycles. The summed E-state index contributed by atoms with van der Waals surface area (Å²) < 4.78 is 0. The van der Waals surface area contributed by atoms with Crippen LogP contribution in [0.5, 0.6) is 0 Å². The monoisotopic (exact) mass is 524 g/mol. The maximum absolute atomic E-state index is 5.05. The Morgan fingerprint density at radius 3 is 2.42 bits per heavy atom. The lowest BCUT2D eigenvalue weighted by Crippen LogP contribution is -2.32. The van der Waals surface area contributed by atoms with Gasteiger partial charge in [-0.1, -0.05) is 54.6 Å². The number of rotatable bonds is 6. The molecule has 0 bridgehead atoms. The molecule has 0 unspecified atom stereocenters. The average molecular weight is 525 g/mol. The molecule has 2 aromatic carbocycles. The van der Waals surface area contributed by atoms with E-state index in [4.69, 9.17) is 9.97 Å². The molecule has 1 aliphatic rings. The Kier molecular flexibility index (Phi) is 6.51. The third kappa shape index (κ3) is 4.97. The van der Waals surface area contributed by atoms with Gasteiger partial charge in [0.1, 0.15) is 11.5 Å². The summed E-state index contributed by atoms with van der Waals surface area (Å²) in [5.41, 5.74) is 7.32. The van der Waals surface area contributed by atoms with Crippen LogP contribution in [0, 0.1) is 0 Å². The summed E-state index contributed by atoms with van der Waals surface area (Å²) in [7, 11) is 0. The van der Waals surface area contributed by atoms with E-state index in [-0.39, 0.29) is 0 Å². The molecule has 0 spiro atoms. The zero-order valence-corrected chi connectivity index (χ0v) is 22.0. The molecular weight excluding hydrogens is 496 g/mol. The van der Waals surface area contributed by atoms with E-state index < -0.39 is 0 Å². The summed E-state index contributed by atoms with van der Waals surface area (Å²) in [6.45, 7) is 2.97. The summed E-state index contributed by atoms with van der Waals surface area (Å²) in [6.07, 6.45) is 10.8. The lowest BCUT2D eigenvalue weighted by atomic mass is 9.95. The highest BCUT2D eigenvalue weighted by Gasteiger charge is 2.24. The van der Waals surface area contributed by atoms with Gasteiger partial charge in [0.2, 0.25) is 5.82 Å². The van der Waals surface area contributed by atoms with Crippen LogP contribution in [0.1, 0.15) is 30.1 Å². The van der Waals surface area contributed by atoms with Crippen LogP contribution in [0.25, 0.3) is 44.8 Å². The standard InChI is InChI=1S/C32H28N8/c1-2-4-23(5-3-1)27-18-26-19-33-13-10-28(26)36-30(27)24-8-6-22(7-9-24)21-40-16-11-25(12-17-40)31-37-32(39-38-31)29-20-34-14-15-35-29/h1-10,13-15,18-20,25H,11-12,16-17,21H2,(H,37,38,39). The Labute approximate surface area is 232 Å². The second kappa shape index (κ2) is 10.7. The number of piperidine rings is 1. The quantitative estimate of drug-likeness (QED) is 0.289. The normalized spacial score (nSPS) is 14.5. The summed E-state index contributed by atoms with van der Waals surface area (Å²) in [5, 5.41) is 8.54. The Morgan fingerprint density at radius 1 is 0.800 bits per heavy atom. The van der Waals surface area contributed by atoms with Crippen molar-refractivity contribution in [2.45, 2.75) is 25.3 Å². The largest absolute Gasteiger partial charge is 0.299 e. The molecule has 0 saturated carbocycles. The van der Waals surface area contributed by atoms with Crippen molar-refractivity contribution < 1.29 is 0 Å². The highest BCUT2D eigenvalue weighted by Crippen LogP contribution is 2.34. The predicted molar refractivity (Wildman–Crippen MR) is 155 cm³/mol.